The van der Waals surface area contributed by atoms with Crippen molar-refractivity contribution in [3.05, 3.63) is 87.9 Å². The maximum atomic E-state index is 13.5. The lowest BCUT2D eigenvalue weighted by molar-refractivity contribution is -0.124. The molecule has 1 atom stereocenters. The number of halogens is 2. The van der Waals surface area contributed by atoms with E-state index in [1.165, 1.54) is 4.90 Å². The average molecular weight is 559 g/mol. The predicted molar refractivity (Wildman–Crippen MR) is 141 cm³/mol. The number of anilines is 2. The van der Waals surface area contributed by atoms with E-state index in [2.05, 4.69) is 21.2 Å². The number of hydrogen-bond acceptors (Lipinski definition) is 4. The number of thiocarbonyl (C=S) groups is 1. The Morgan fingerprint density at radius 1 is 1.06 bits per heavy atom. The minimum Gasteiger partial charge on any atom is -0.497 e. The number of hydrogen-bond donors (Lipinski definition) is 1. The summed E-state index contributed by atoms with van der Waals surface area (Å²) < 4.78 is 6.14. The van der Waals surface area contributed by atoms with Gasteiger partial charge in [-0.25, -0.2) is 0 Å². The zero-order valence-electron chi connectivity index (χ0n) is 18.2. The highest BCUT2D eigenvalue weighted by Gasteiger charge is 2.44. The second-order valence-electron chi connectivity index (χ2n) is 7.68. The van der Waals surface area contributed by atoms with Gasteiger partial charge in [0.25, 0.3) is 5.91 Å². The van der Waals surface area contributed by atoms with Crippen molar-refractivity contribution < 1.29 is 14.3 Å². The summed E-state index contributed by atoms with van der Waals surface area (Å²) in [5.41, 5.74) is 2.19. The van der Waals surface area contributed by atoms with Gasteiger partial charge in [0.15, 0.2) is 5.11 Å². The molecular formula is C25H21BrClN3O3S. The number of rotatable bonds is 7. The quantitative estimate of drug-likeness (QED) is 0.380. The van der Waals surface area contributed by atoms with Gasteiger partial charge in [0.1, 0.15) is 11.8 Å². The van der Waals surface area contributed by atoms with E-state index in [-0.39, 0.29) is 18.2 Å². The molecule has 9 heteroatoms. The Balaban J connectivity index is 1.59. The third-order valence-corrected chi connectivity index (χ3v) is 6.62. The highest BCUT2D eigenvalue weighted by Crippen LogP contribution is 2.30. The summed E-state index contributed by atoms with van der Waals surface area (Å²) in [6, 6.07) is 20.9. The Bertz CT molecular complexity index is 1200. The summed E-state index contributed by atoms with van der Waals surface area (Å²) in [7, 11) is 1.60. The van der Waals surface area contributed by atoms with Crippen LogP contribution in [0.3, 0.4) is 0 Å². The van der Waals surface area contributed by atoms with E-state index in [4.69, 9.17) is 28.6 Å². The molecule has 0 saturated carbocycles. The molecule has 3 aromatic carbocycles. The van der Waals surface area contributed by atoms with Crippen LogP contribution in [-0.2, 0) is 16.1 Å². The fraction of sp³-hybridized carbons (Fsp3) is 0.160. The van der Waals surface area contributed by atoms with E-state index in [1.54, 1.807) is 48.4 Å². The first kappa shape index (κ1) is 24.2. The van der Waals surface area contributed by atoms with Crippen LogP contribution in [0.15, 0.2) is 77.3 Å². The number of nitrogens with zero attached hydrogens (tertiary/aromatic N) is 2. The number of methoxy groups -OCH3 is 1. The molecule has 1 aliphatic rings. The van der Waals surface area contributed by atoms with Crippen LogP contribution in [-0.4, -0.2) is 35.0 Å². The summed E-state index contributed by atoms with van der Waals surface area (Å²) in [5.74, 6) is 0.199. The van der Waals surface area contributed by atoms with Gasteiger partial charge >= 0.3 is 0 Å². The monoisotopic (exact) mass is 557 g/mol. The molecule has 6 nitrogen and oxygen atoms in total. The summed E-state index contributed by atoms with van der Waals surface area (Å²) >= 11 is 15.1. The first-order valence-electron chi connectivity index (χ1n) is 10.4. The Labute approximate surface area is 216 Å². The van der Waals surface area contributed by atoms with Crippen LogP contribution < -0.4 is 15.0 Å². The minimum absolute atomic E-state index is 0.0463. The predicted octanol–water partition coefficient (Wildman–Crippen LogP) is 5.64. The molecule has 34 heavy (non-hydrogen) atoms. The van der Waals surface area contributed by atoms with Crippen molar-refractivity contribution in [2.45, 2.75) is 19.0 Å². The number of ether oxygens (including phenoxy) is 1. The standard InChI is InChI=1S/C25H21BrClN3O3S/c1-33-21-12-2-16(3-13-21)15-29-22(14-23(31)28-19-8-4-17(26)5-9-19)24(32)30(25(29)34)20-10-6-18(27)7-11-20/h2-13,22H,14-15H2,1H3,(H,28,31). The molecule has 1 aliphatic heterocycles. The molecule has 174 valence electrons. The lowest BCUT2D eigenvalue weighted by Gasteiger charge is -2.24. The van der Waals surface area contributed by atoms with Gasteiger partial charge in [-0.15, -0.1) is 0 Å². The third-order valence-electron chi connectivity index (χ3n) is 5.42. The van der Waals surface area contributed by atoms with Gasteiger partial charge in [-0.05, 0) is 78.4 Å². The maximum Gasteiger partial charge on any atom is 0.256 e. The largest absolute Gasteiger partial charge is 0.497 e. The molecular weight excluding hydrogens is 538 g/mol. The van der Waals surface area contributed by atoms with Crippen molar-refractivity contribution in [2.75, 3.05) is 17.3 Å². The lowest BCUT2D eigenvalue weighted by atomic mass is 10.1. The number of nitrogens with one attached hydrogen (secondary N) is 1. The fourth-order valence-corrected chi connectivity index (χ4v) is 4.47. The molecule has 1 unspecified atom stereocenters. The molecule has 1 heterocycles. The van der Waals surface area contributed by atoms with Crippen molar-refractivity contribution >= 4 is 68.1 Å². The van der Waals surface area contributed by atoms with Crippen molar-refractivity contribution in [3.8, 4) is 5.75 Å². The minimum atomic E-state index is -0.749. The highest BCUT2D eigenvalue weighted by atomic mass is 79.9. The van der Waals surface area contributed by atoms with Crippen LogP contribution in [0, 0.1) is 0 Å². The van der Waals surface area contributed by atoms with Crippen molar-refractivity contribution in [3.63, 3.8) is 0 Å². The smallest absolute Gasteiger partial charge is 0.256 e. The maximum absolute atomic E-state index is 13.5. The molecule has 0 spiro atoms. The summed E-state index contributed by atoms with van der Waals surface area (Å²) in [5, 5.41) is 3.75. The number of benzene rings is 3. The normalized spacial score (nSPS) is 15.6. The molecule has 2 amide bonds. The van der Waals surface area contributed by atoms with Crippen LogP contribution in [0.4, 0.5) is 11.4 Å². The fourth-order valence-electron chi connectivity index (χ4n) is 3.69. The second-order valence-corrected chi connectivity index (χ2v) is 9.40. The number of carbonyl (C=O) groups excluding carboxylic acids is 2. The molecule has 0 radical (unpaired) electrons. The van der Waals surface area contributed by atoms with Crippen molar-refractivity contribution in [2.24, 2.45) is 0 Å². The Morgan fingerprint density at radius 3 is 2.32 bits per heavy atom. The molecule has 1 N–H and O–H groups in total. The van der Waals surface area contributed by atoms with Gasteiger partial charge in [0.2, 0.25) is 5.91 Å². The van der Waals surface area contributed by atoms with E-state index in [9.17, 15) is 9.59 Å². The topological polar surface area (TPSA) is 61.9 Å². The van der Waals surface area contributed by atoms with Crippen LogP contribution in [0.5, 0.6) is 5.75 Å². The van der Waals surface area contributed by atoms with Crippen LogP contribution in [0.25, 0.3) is 0 Å². The third kappa shape index (κ3) is 5.41. The average Bonchev–Trinajstić information content (AvgIpc) is 3.05. The van der Waals surface area contributed by atoms with Crippen molar-refractivity contribution in [1.82, 2.24) is 4.90 Å². The molecule has 0 aromatic heterocycles. The summed E-state index contributed by atoms with van der Waals surface area (Å²) in [4.78, 5) is 29.6. The number of amides is 2. The Hall–Kier alpha value is -2.94. The molecule has 1 saturated heterocycles. The van der Waals surface area contributed by atoms with Crippen molar-refractivity contribution in [1.29, 1.82) is 0 Å². The van der Waals surface area contributed by atoms with Gasteiger partial charge < -0.3 is 15.0 Å². The van der Waals surface area contributed by atoms with Gasteiger partial charge in [-0.3, -0.25) is 14.5 Å². The van der Waals surface area contributed by atoms with Gasteiger partial charge in [0.05, 0.1) is 19.2 Å². The molecule has 1 fully saturated rings. The zero-order chi connectivity index (χ0) is 24.2. The molecule has 0 bridgehead atoms. The van der Waals surface area contributed by atoms with E-state index in [0.29, 0.717) is 28.1 Å². The second kappa shape index (κ2) is 10.5. The Morgan fingerprint density at radius 2 is 1.71 bits per heavy atom. The summed E-state index contributed by atoms with van der Waals surface area (Å²) in [6.07, 6.45) is -0.0463. The lowest BCUT2D eigenvalue weighted by Crippen LogP contribution is -2.37. The Kier molecular flexibility index (Phi) is 7.50. The van der Waals surface area contributed by atoms with E-state index in [1.807, 2.05) is 36.4 Å². The van der Waals surface area contributed by atoms with Crippen LogP contribution in [0.1, 0.15) is 12.0 Å². The van der Waals surface area contributed by atoms with Crippen LogP contribution in [0.2, 0.25) is 5.02 Å². The summed E-state index contributed by atoms with van der Waals surface area (Å²) in [6.45, 7) is 0.370. The first-order chi connectivity index (χ1) is 16.4. The van der Waals surface area contributed by atoms with Gasteiger partial charge in [-0.1, -0.05) is 39.7 Å². The van der Waals surface area contributed by atoms with E-state index in [0.717, 1.165) is 15.8 Å². The number of carbonyl (C=O) groups is 2. The first-order valence-corrected chi connectivity index (χ1v) is 12.0. The highest BCUT2D eigenvalue weighted by molar-refractivity contribution is 9.10. The van der Waals surface area contributed by atoms with E-state index < -0.39 is 6.04 Å². The van der Waals surface area contributed by atoms with Gasteiger partial charge in [0, 0.05) is 21.7 Å². The van der Waals surface area contributed by atoms with Crippen LogP contribution >= 0.6 is 39.7 Å². The zero-order valence-corrected chi connectivity index (χ0v) is 21.4. The SMILES string of the molecule is COc1ccc(CN2C(=S)N(c3ccc(Cl)cc3)C(=O)C2CC(=O)Nc2ccc(Br)cc2)cc1. The van der Waals surface area contributed by atoms with Gasteiger partial charge in [-0.2, -0.15) is 0 Å². The van der Waals surface area contributed by atoms with E-state index >= 15 is 0 Å². The molecule has 3 aromatic rings. The molecule has 4 rings (SSSR count). The molecule has 0 aliphatic carbocycles.